The summed E-state index contributed by atoms with van der Waals surface area (Å²) in [5.41, 5.74) is 9.03. The summed E-state index contributed by atoms with van der Waals surface area (Å²) in [5.74, 6) is 3.35. The first-order chi connectivity index (χ1) is 25.5. The molecule has 0 radical (unpaired) electrons. The van der Waals surface area contributed by atoms with Gasteiger partial charge >= 0.3 is 0 Å². The molecular weight excluding hydrogens is 656 g/mol. The van der Waals surface area contributed by atoms with Crippen molar-refractivity contribution in [2.24, 2.45) is 5.92 Å². The molecule has 8 nitrogen and oxygen atoms in total. The smallest absolute Gasteiger partial charge is 0.126 e. The van der Waals surface area contributed by atoms with Crippen LogP contribution in [0.25, 0.3) is 16.7 Å². The normalized spacial score (nSPS) is 24.2. The zero-order valence-electron chi connectivity index (χ0n) is 29.6. The van der Waals surface area contributed by atoms with Crippen molar-refractivity contribution in [1.82, 2.24) is 0 Å². The number of benzene rings is 4. The van der Waals surface area contributed by atoms with Crippen molar-refractivity contribution < 1.29 is 37.9 Å². The molecule has 4 aromatic carbocycles. The predicted molar refractivity (Wildman–Crippen MR) is 198 cm³/mol. The number of rotatable bonds is 17. The molecule has 4 aromatic rings. The monoisotopic (exact) mass is 700 g/mol. The molecule has 1 aliphatic carbocycles. The third kappa shape index (κ3) is 8.06. The van der Waals surface area contributed by atoms with Crippen LogP contribution in [-0.2, 0) is 18.9 Å². The van der Waals surface area contributed by atoms with E-state index in [1.165, 1.54) is 11.1 Å². The Morgan fingerprint density at radius 3 is 1.71 bits per heavy atom. The van der Waals surface area contributed by atoms with E-state index in [9.17, 15) is 0 Å². The lowest BCUT2D eigenvalue weighted by atomic mass is 9.78. The highest BCUT2D eigenvalue weighted by molar-refractivity contribution is 5.78. The largest absolute Gasteiger partial charge is 0.491 e. The summed E-state index contributed by atoms with van der Waals surface area (Å²) in [5, 5.41) is 0. The average molecular weight is 701 g/mol. The zero-order valence-corrected chi connectivity index (χ0v) is 29.6. The summed E-state index contributed by atoms with van der Waals surface area (Å²) >= 11 is 0. The highest BCUT2D eigenvalue weighted by atomic mass is 16.6. The molecule has 8 heteroatoms. The van der Waals surface area contributed by atoms with Crippen LogP contribution in [0.4, 0.5) is 0 Å². The van der Waals surface area contributed by atoms with Gasteiger partial charge in [0.15, 0.2) is 0 Å². The molecule has 0 N–H and O–H groups in total. The van der Waals surface area contributed by atoms with E-state index in [4.69, 9.17) is 37.9 Å². The first-order valence-corrected chi connectivity index (χ1v) is 18.4. The fraction of sp³-hybridized carbons (Fsp3) is 0.364. The zero-order chi connectivity index (χ0) is 35.0. The third-order valence-corrected chi connectivity index (χ3v) is 10.1. The quantitative estimate of drug-likeness (QED) is 0.105. The maximum absolute atomic E-state index is 6.62. The van der Waals surface area contributed by atoms with Gasteiger partial charge in [0.25, 0.3) is 0 Å². The maximum atomic E-state index is 6.62. The molecule has 0 saturated carbocycles. The Bertz CT molecular complexity index is 1950. The van der Waals surface area contributed by atoms with Gasteiger partial charge in [-0.05, 0) is 78.1 Å². The van der Waals surface area contributed by atoms with Crippen LogP contribution in [0.1, 0.15) is 33.7 Å². The van der Waals surface area contributed by atoms with Gasteiger partial charge in [-0.15, -0.1) is 0 Å². The summed E-state index contributed by atoms with van der Waals surface area (Å²) < 4.78 is 46.8. The minimum absolute atomic E-state index is 0.0221. The molecule has 0 aromatic heterocycles. The summed E-state index contributed by atoms with van der Waals surface area (Å²) in [7, 11) is 0. The Morgan fingerprint density at radius 2 is 1.12 bits per heavy atom. The van der Waals surface area contributed by atoms with Gasteiger partial charge in [0.1, 0.15) is 73.8 Å². The van der Waals surface area contributed by atoms with Gasteiger partial charge in [0.2, 0.25) is 0 Å². The van der Waals surface area contributed by atoms with Crippen molar-refractivity contribution in [3.63, 3.8) is 0 Å². The summed E-state index contributed by atoms with van der Waals surface area (Å²) in [6.07, 6.45) is 7.62. The Kier molecular flexibility index (Phi) is 9.23. The fourth-order valence-electron chi connectivity index (χ4n) is 6.91. The molecule has 52 heavy (non-hydrogen) atoms. The molecule has 4 aliphatic heterocycles. The summed E-state index contributed by atoms with van der Waals surface area (Å²) in [6, 6.07) is 27.7. The van der Waals surface area contributed by atoms with Gasteiger partial charge in [-0.3, -0.25) is 0 Å². The molecule has 4 fully saturated rings. The lowest BCUT2D eigenvalue weighted by molar-refractivity contribution is 0.256. The van der Waals surface area contributed by atoms with Crippen molar-refractivity contribution in [1.29, 1.82) is 0 Å². The van der Waals surface area contributed by atoms with Crippen molar-refractivity contribution in [3.05, 3.63) is 125 Å². The second-order valence-corrected chi connectivity index (χ2v) is 14.4. The minimum Gasteiger partial charge on any atom is -0.491 e. The number of aryl methyl sites for hydroxylation is 2. The summed E-state index contributed by atoms with van der Waals surface area (Å²) in [6.45, 7) is 9.51. The molecule has 4 saturated heterocycles. The van der Waals surface area contributed by atoms with Crippen LogP contribution in [0.15, 0.2) is 97.1 Å². The lowest BCUT2D eigenvalue weighted by Crippen LogP contribution is -2.16. The Morgan fingerprint density at radius 1 is 0.577 bits per heavy atom. The molecule has 4 heterocycles. The molecule has 6 unspecified atom stereocenters. The topological polar surface area (TPSA) is 87.0 Å². The molecule has 6 atom stereocenters. The van der Waals surface area contributed by atoms with Gasteiger partial charge in [-0.1, -0.05) is 66.3 Å². The Hall–Kier alpha value is -4.60. The van der Waals surface area contributed by atoms with Crippen LogP contribution < -0.4 is 18.9 Å². The number of hydrogen-bond donors (Lipinski definition) is 0. The Balaban J connectivity index is 1.10. The van der Waals surface area contributed by atoms with E-state index in [1.54, 1.807) is 0 Å². The van der Waals surface area contributed by atoms with Crippen LogP contribution in [0.5, 0.6) is 23.0 Å². The molecule has 268 valence electrons. The first-order valence-electron chi connectivity index (χ1n) is 18.4. The predicted octanol–water partition coefficient (Wildman–Crippen LogP) is 7.48. The molecule has 9 rings (SSSR count). The summed E-state index contributed by atoms with van der Waals surface area (Å²) in [4.78, 5) is 0. The molecule has 5 aliphatic rings. The number of ether oxygens (including phenoxy) is 8. The van der Waals surface area contributed by atoms with E-state index in [2.05, 4.69) is 86.7 Å². The molecule has 0 amide bonds. The van der Waals surface area contributed by atoms with Gasteiger partial charge in [0.05, 0.1) is 26.4 Å². The standard InChI is InChI=1S/C44H44O8/c1-27-15-28(2)44(52-26-39-24-50-39)41(16-27)43(33-4-3-31(17-33)29-5-10-34(11-6-29)45-19-36-21-47-36)40-18-32(9-14-42(40)51-25-38-23-49-38)30-7-12-35(13-8-30)46-20-37-22-48-37/h3-18,33,36-39,43H,19-26H2,1-2H3. The highest BCUT2D eigenvalue weighted by Gasteiger charge is 2.33. The van der Waals surface area contributed by atoms with E-state index in [1.807, 2.05) is 24.3 Å². The van der Waals surface area contributed by atoms with Crippen LogP contribution in [0, 0.1) is 19.8 Å². The van der Waals surface area contributed by atoms with Gasteiger partial charge in [-0.25, -0.2) is 0 Å². The van der Waals surface area contributed by atoms with E-state index in [-0.39, 0.29) is 36.3 Å². The lowest BCUT2D eigenvalue weighted by Gasteiger charge is -2.28. The molecule has 0 bridgehead atoms. The van der Waals surface area contributed by atoms with Crippen molar-refractivity contribution in [3.8, 4) is 34.1 Å². The first kappa shape index (κ1) is 33.3. The van der Waals surface area contributed by atoms with Gasteiger partial charge in [-0.2, -0.15) is 0 Å². The van der Waals surface area contributed by atoms with Gasteiger partial charge in [0, 0.05) is 23.0 Å². The Labute approximate surface area is 304 Å². The van der Waals surface area contributed by atoms with E-state index < -0.39 is 0 Å². The van der Waals surface area contributed by atoms with Crippen LogP contribution in [-0.4, -0.2) is 77.3 Å². The number of hydrogen-bond acceptors (Lipinski definition) is 8. The molecule has 0 spiro atoms. The second kappa shape index (κ2) is 14.4. The van der Waals surface area contributed by atoms with E-state index in [0.29, 0.717) is 26.4 Å². The van der Waals surface area contributed by atoms with Crippen LogP contribution in [0.3, 0.4) is 0 Å². The SMILES string of the molecule is Cc1cc(C)c(OCC2CO2)c(C(c2cc(-c3ccc(OCC4CO4)cc3)ccc2OCC2CO2)C2C=CC(c3ccc(OCC4CO4)cc3)=C2)c1. The number of epoxide rings is 4. The average Bonchev–Trinajstić information content (AvgIpc) is 3.96. The van der Waals surface area contributed by atoms with E-state index in [0.717, 1.165) is 82.8 Å². The minimum atomic E-state index is -0.111. The second-order valence-electron chi connectivity index (χ2n) is 14.4. The molecular formula is C44H44O8. The van der Waals surface area contributed by atoms with E-state index >= 15 is 0 Å². The fourth-order valence-corrected chi connectivity index (χ4v) is 6.91. The number of allylic oxidation sites excluding steroid dienone is 4. The van der Waals surface area contributed by atoms with Crippen molar-refractivity contribution in [2.75, 3.05) is 52.9 Å². The van der Waals surface area contributed by atoms with Crippen molar-refractivity contribution >= 4 is 5.57 Å². The van der Waals surface area contributed by atoms with Gasteiger partial charge < -0.3 is 37.9 Å². The van der Waals surface area contributed by atoms with Crippen LogP contribution in [0.2, 0.25) is 0 Å². The highest BCUT2D eigenvalue weighted by Crippen LogP contribution is 2.48. The maximum Gasteiger partial charge on any atom is 0.126 e. The van der Waals surface area contributed by atoms with Crippen molar-refractivity contribution in [2.45, 2.75) is 44.2 Å². The third-order valence-electron chi connectivity index (χ3n) is 10.1. The van der Waals surface area contributed by atoms with Crippen LogP contribution >= 0.6 is 0 Å².